The van der Waals surface area contributed by atoms with Gasteiger partial charge in [-0.15, -0.1) is 0 Å². The molecule has 0 aliphatic heterocycles. The summed E-state index contributed by atoms with van der Waals surface area (Å²) in [6.07, 6.45) is 1.86. The fraction of sp³-hybridized carbons (Fsp3) is 0.0357. The van der Waals surface area contributed by atoms with Crippen LogP contribution in [0.3, 0.4) is 0 Å². The molecular formula is C28H18F2N4. The van der Waals surface area contributed by atoms with Crippen LogP contribution in [0, 0.1) is 11.6 Å². The molecule has 6 rings (SSSR count). The fourth-order valence-electron chi connectivity index (χ4n) is 4.27. The van der Waals surface area contributed by atoms with Crippen LogP contribution in [0.1, 0.15) is 0 Å². The Balaban J connectivity index is 1.58. The number of hydrogen-bond donors (Lipinski definition) is 0. The lowest BCUT2D eigenvalue weighted by atomic mass is 10.00. The number of fused-ring (bicyclic) bond motifs is 2. The molecule has 0 bridgehead atoms. The summed E-state index contributed by atoms with van der Waals surface area (Å²) in [6, 6.07) is 24.4. The highest BCUT2D eigenvalue weighted by molar-refractivity contribution is 5.97. The van der Waals surface area contributed by atoms with Crippen molar-refractivity contribution in [2.75, 3.05) is 0 Å². The van der Waals surface area contributed by atoms with E-state index in [0.717, 1.165) is 33.2 Å². The molecule has 0 saturated heterocycles. The second-order valence-corrected chi connectivity index (χ2v) is 8.14. The minimum absolute atomic E-state index is 0.324. The van der Waals surface area contributed by atoms with Crippen molar-refractivity contribution in [1.29, 1.82) is 0 Å². The fourth-order valence-corrected chi connectivity index (χ4v) is 4.27. The van der Waals surface area contributed by atoms with Crippen LogP contribution < -0.4 is 0 Å². The Kier molecular flexibility index (Phi) is 4.66. The van der Waals surface area contributed by atoms with Crippen molar-refractivity contribution in [1.82, 2.24) is 19.7 Å². The van der Waals surface area contributed by atoms with Gasteiger partial charge in [0.15, 0.2) is 0 Å². The van der Waals surface area contributed by atoms with Gasteiger partial charge in [-0.05, 0) is 77.9 Å². The van der Waals surface area contributed by atoms with Crippen molar-refractivity contribution in [2.24, 2.45) is 7.05 Å². The second-order valence-electron chi connectivity index (χ2n) is 8.14. The third-order valence-corrected chi connectivity index (χ3v) is 6.00. The molecule has 0 radical (unpaired) electrons. The van der Waals surface area contributed by atoms with Crippen molar-refractivity contribution in [3.8, 4) is 33.6 Å². The van der Waals surface area contributed by atoms with E-state index < -0.39 is 0 Å². The molecule has 4 aromatic carbocycles. The maximum Gasteiger partial charge on any atom is 0.123 e. The highest BCUT2D eigenvalue weighted by atomic mass is 19.1. The van der Waals surface area contributed by atoms with E-state index in [1.807, 2.05) is 48.3 Å². The van der Waals surface area contributed by atoms with E-state index in [4.69, 9.17) is 9.97 Å². The molecule has 6 heteroatoms. The summed E-state index contributed by atoms with van der Waals surface area (Å²) in [5.41, 5.74) is 7.21. The summed E-state index contributed by atoms with van der Waals surface area (Å²) in [5, 5.41) is 5.44. The summed E-state index contributed by atoms with van der Waals surface area (Å²) in [7, 11) is 1.92. The maximum absolute atomic E-state index is 13.6. The van der Waals surface area contributed by atoms with Crippen LogP contribution in [-0.4, -0.2) is 19.7 Å². The predicted molar refractivity (Wildman–Crippen MR) is 130 cm³/mol. The van der Waals surface area contributed by atoms with E-state index in [2.05, 4.69) is 11.2 Å². The van der Waals surface area contributed by atoms with Gasteiger partial charge in [-0.3, -0.25) is 4.68 Å². The second kappa shape index (κ2) is 7.85. The van der Waals surface area contributed by atoms with Gasteiger partial charge in [0.1, 0.15) is 11.6 Å². The number of halogens is 2. The Morgan fingerprint density at radius 3 is 1.88 bits per heavy atom. The van der Waals surface area contributed by atoms with E-state index in [1.54, 1.807) is 24.3 Å². The molecule has 0 aliphatic carbocycles. The Labute approximate surface area is 194 Å². The van der Waals surface area contributed by atoms with Gasteiger partial charge >= 0.3 is 0 Å². The van der Waals surface area contributed by atoms with Crippen LogP contribution in [0.4, 0.5) is 8.78 Å². The zero-order chi connectivity index (χ0) is 23.2. The molecule has 0 saturated carbocycles. The Morgan fingerprint density at radius 2 is 1.24 bits per heavy atom. The van der Waals surface area contributed by atoms with E-state index in [0.29, 0.717) is 22.4 Å². The number of aromatic nitrogens is 4. The largest absolute Gasteiger partial charge is 0.268 e. The first-order valence-electron chi connectivity index (χ1n) is 10.8. The summed E-state index contributed by atoms with van der Waals surface area (Å²) in [5.74, 6) is -0.650. The first-order valence-corrected chi connectivity index (χ1v) is 10.8. The minimum Gasteiger partial charge on any atom is -0.268 e. The van der Waals surface area contributed by atoms with E-state index in [1.165, 1.54) is 24.3 Å². The van der Waals surface area contributed by atoms with Crippen molar-refractivity contribution in [3.05, 3.63) is 103 Å². The molecule has 164 valence electrons. The number of benzene rings is 4. The number of rotatable bonds is 3. The number of nitrogens with zero attached hydrogens (tertiary/aromatic N) is 4. The summed E-state index contributed by atoms with van der Waals surface area (Å²) in [6.45, 7) is 0. The third-order valence-electron chi connectivity index (χ3n) is 6.00. The molecule has 2 heterocycles. The molecule has 0 amide bonds. The maximum atomic E-state index is 13.6. The van der Waals surface area contributed by atoms with E-state index in [9.17, 15) is 8.78 Å². The van der Waals surface area contributed by atoms with Crippen LogP contribution in [0.25, 0.3) is 55.6 Å². The topological polar surface area (TPSA) is 43.6 Å². The molecule has 0 atom stereocenters. The summed E-state index contributed by atoms with van der Waals surface area (Å²) >= 11 is 0. The lowest BCUT2D eigenvalue weighted by Gasteiger charge is -2.12. The van der Waals surface area contributed by atoms with Crippen LogP contribution in [0.15, 0.2) is 91.1 Å². The van der Waals surface area contributed by atoms with E-state index >= 15 is 0 Å². The normalized spacial score (nSPS) is 11.4. The minimum atomic E-state index is -0.326. The molecule has 2 aromatic heterocycles. The van der Waals surface area contributed by atoms with Crippen LogP contribution in [0.2, 0.25) is 0 Å². The molecule has 0 aliphatic rings. The number of aryl methyl sites for hydroxylation is 1. The number of hydrogen-bond acceptors (Lipinski definition) is 3. The SMILES string of the molecule is Cn1ncc2c(-c3ccc4nc(-c5ccc(F)cc5)c(-c5ccc(F)cc5)nc4c3)cccc21. The lowest BCUT2D eigenvalue weighted by Crippen LogP contribution is -1.96. The van der Waals surface area contributed by atoms with Gasteiger partial charge in [0.2, 0.25) is 0 Å². The van der Waals surface area contributed by atoms with Crippen molar-refractivity contribution in [3.63, 3.8) is 0 Å². The summed E-state index contributed by atoms with van der Waals surface area (Å²) in [4.78, 5) is 9.83. The van der Waals surface area contributed by atoms with Gasteiger partial charge in [0.25, 0.3) is 0 Å². The highest BCUT2D eigenvalue weighted by Crippen LogP contribution is 2.34. The molecule has 0 spiro atoms. The average molecular weight is 448 g/mol. The van der Waals surface area contributed by atoms with Gasteiger partial charge in [0, 0.05) is 23.6 Å². The van der Waals surface area contributed by atoms with Crippen LogP contribution >= 0.6 is 0 Å². The molecule has 4 nitrogen and oxygen atoms in total. The Hall–Kier alpha value is -4.45. The van der Waals surface area contributed by atoms with Gasteiger partial charge in [0.05, 0.1) is 34.1 Å². The first kappa shape index (κ1) is 20.2. The zero-order valence-corrected chi connectivity index (χ0v) is 18.2. The predicted octanol–water partition coefficient (Wildman–Crippen LogP) is 6.80. The van der Waals surface area contributed by atoms with Crippen molar-refractivity contribution in [2.45, 2.75) is 0 Å². The first-order chi connectivity index (χ1) is 16.6. The lowest BCUT2D eigenvalue weighted by molar-refractivity contribution is 0.627. The quantitative estimate of drug-likeness (QED) is 0.299. The zero-order valence-electron chi connectivity index (χ0n) is 18.2. The summed E-state index contributed by atoms with van der Waals surface area (Å²) < 4.78 is 29.0. The molecule has 0 unspecified atom stereocenters. The van der Waals surface area contributed by atoms with Gasteiger partial charge in [-0.2, -0.15) is 5.10 Å². The molecule has 6 aromatic rings. The van der Waals surface area contributed by atoms with E-state index in [-0.39, 0.29) is 11.6 Å². The van der Waals surface area contributed by atoms with Crippen molar-refractivity contribution >= 4 is 21.9 Å². The van der Waals surface area contributed by atoms with Crippen LogP contribution in [0.5, 0.6) is 0 Å². The van der Waals surface area contributed by atoms with Gasteiger partial charge in [-0.25, -0.2) is 18.7 Å². The Bertz CT molecular complexity index is 1670. The molecule has 0 fully saturated rings. The average Bonchev–Trinajstić information content (AvgIpc) is 3.25. The van der Waals surface area contributed by atoms with Crippen molar-refractivity contribution < 1.29 is 8.78 Å². The molecular weight excluding hydrogens is 430 g/mol. The van der Waals surface area contributed by atoms with Gasteiger partial charge in [-0.1, -0.05) is 18.2 Å². The Morgan fingerprint density at radius 1 is 0.647 bits per heavy atom. The molecule has 0 N–H and O–H groups in total. The monoisotopic (exact) mass is 448 g/mol. The van der Waals surface area contributed by atoms with Gasteiger partial charge < -0.3 is 0 Å². The van der Waals surface area contributed by atoms with Crippen LogP contribution in [-0.2, 0) is 7.05 Å². The highest BCUT2D eigenvalue weighted by Gasteiger charge is 2.15. The smallest absolute Gasteiger partial charge is 0.123 e. The molecule has 34 heavy (non-hydrogen) atoms. The third kappa shape index (κ3) is 3.40. The standard InChI is InChI=1S/C28H18F2N4/c1-34-26-4-2-3-22(23(26)16-31-34)19-9-14-24-25(15-19)33-28(18-7-12-21(30)13-8-18)27(32-24)17-5-10-20(29)11-6-17/h2-16H,1H3.